The fraction of sp³-hybridized carbons (Fsp3) is 0.263. The maximum atomic E-state index is 13.1. The molecule has 2 amide bonds. The number of amides is 2. The molecule has 0 unspecified atom stereocenters. The van der Waals surface area contributed by atoms with E-state index in [2.05, 4.69) is 6.07 Å². The predicted octanol–water partition coefficient (Wildman–Crippen LogP) is 2.41. The average Bonchev–Trinajstić information content (AvgIpc) is 2.61. The van der Waals surface area contributed by atoms with Gasteiger partial charge in [0, 0.05) is 18.7 Å². The second-order valence-corrected chi connectivity index (χ2v) is 6.24. The van der Waals surface area contributed by atoms with Crippen molar-refractivity contribution in [3.05, 3.63) is 71.0 Å². The van der Waals surface area contributed by atoms with Gasteiger partial charge in [0.1, 0.15) is 12.4 Å². The molecule has 2 aromatic carbocycles. The van der Waals surface area contributed by atoms with Crippen LogP contribution in [0.5, 0.6) is 0 Å². The van der Waals surface area contributed by atoms with Gasteiger partial charge < -0.3 is 9.80 Å². The molecule has 0 saturated carbocycles. The fourth-order valence-electron chi connectivity index (χ4n) is 3.60. The molecule has 1 saturated heterocycles. The van der Waals surface area contributed by atoms with Gasteiger partial charge in [0.15, 0.2) is 0 Å². The first-order valence-electron chi connectivity index (χ1n) is 8.05. The monoisotopic (exact) mass is 324 g/mol. The van der Waals surface area contributed by atoms with E-state index in [9.17, 15) is 14.0 Å². The number of fused-ring (bicyclic) bond motifs is 3. The summed E-state index contributed by atoms with van der Waals surface area (Å²) in [6.07, 6.45) is 0.852. The Labute approximate surface area is 139 Å². The molecule has 2 aliphatic heterocycles. The molecule has 4 rings (SSSR count). The highest BCUT2D eigenvalue weighted by Gasteiger charge is 2.38. The number of rotatable bonds is 1. The summed E-state index contributed by atoms with van der Waals surface area (Å²) in [6.45, 7) is 1.24. The molecule has 0 bridgehead atoms. The molecule has 2 heterocycles. The quantitative estimate of drug-likeness (QED) is 0.808. The average molecular weight is 324 g/mol. The lowest BCUT2D eigenvalue weighted by atomic mass is 9.90. The summed E-state index contributed by atoms with van der Waals surface area (Å²) in [5, 5.41) is 0. The molecular formula is C19H17FN2O2. The van der Waals surface area contributed by atoms with Gasteiger partial charge in [0.05, 0.1) is 6.04 Å². The Balaban J connectivity index is 1.63. The number of carbonyl (C=O) groups is 2. The van der Waals surface area contributed by atoms with Crippen LogP contribution in [0.4, 0.5) is 4.39 Å². The Bertz CT molecular complexity index is 803. The molecule has 4 nitrogen and oxygen atoms in total. The second kappa shape index (κ2) is 5.74. The van der Waals surface area contributed by atoms with Crippen molar-refractivity contribution in [2.24, 2.45) is 0 Å². The van der Waals surface area contributed by atoms with Crippen molar-refractivity contribution < 1.29 is 14.0 Å². The molecular weight excluding hydrogens is 307 g/mol. The topological polar surface area (TPSA) is 40.6 Å². The third-order valence-electron chi connectivity index (χ3n) is 4.83. The van der Waals surface area contributed by atoms with Gasteiger partial charge in [-0.05, 0) is 41.8 Å². The van der Waals surface area contributed by atoms with E-state index in [1.165, 1.54) is 29.8 Å². The third kappa shape index (κ3) is 2.46. The zero-order valence-corrected chi connectivity index (χ0v) is 13.1. The van der Waals surface area contributed by atoms with E-state index in [4.69, 9.17) is 0 Å². The molecule has 2 aliphatic rings. The third-order valence-corrected chi connectivity index (χ3v) is 4.83. The van der Waals surface area contributed by atoms with Crippen LogP contribution in [-0.2, 0) is 11.2 Å². The smallest absolute Gasteiger partial charge is 0.254 e. The Hall–Kier alpha value is -2.69. The maximum absolute atomic E-state index is 13.1. The van der Waals surface area contributed by atoms with Crippen molar-refractivity contribution in [2.75, 3.05) is 19.6 Å². The molecule has 1 fully saturated rings. The van der Waals surface area contributed by atoms with Crippen LogP contribution >= 0.6 is 0 Å². The van der Waals surface area contributed by atoms with Gasteiger partial charge in [-0.1, -0.05) is 24.3 Å². The highest BCUT2D eigenvalue weighted by atomic mass is 19.1. The van der Waals surface area contributed by atoms with Crippen molar-refractivity contribution in [3.8, 4) is 0 Å². The molecule has 2 aromatic rings. The predicted molar refractivity (Wildman–Crippen MR) is 86.9 cm³/mol. The van der Waals surface area contributed by atoms with E-state index in [1.807, 2.05) is 23.1 Å². The van der Waals surface area contributed by atoms with E-state index >= 15 is 0 Å². The van der Waals surface area contributed by atoms with Crippen LogP contribution in [0.25, 0.3) is 0 Å². The lowest BCUT2D eigenvalue weighted by Gasteiger charge is -2.44. The van der Waals surface area contributed by atoms with Crippen LogP contribution in [0.3, 0.4) is 0 Å². The molecule has 1 atom stereocenters. The SMILES string of the molecule is O=C(c1ccc(F)cc1)N1CC(=O)N2CCc3ccccc3[C@H]2C1. The highest BCUT2D eigenvalue weighted by Crippen LogP contribution is 2.33. The molecule has 24 heavy (non-hydrogen) atoms. The highest BCUT2D eigenvalue weighted by molar-refractivity contribution is 5.97. The number of piperazine rings is 1. The number of hydrogen-bond donors (Lipinski definition) is 0. The van der Waals surface area contributed by atoms with Crippen LogP contribution in [0.1, 0.15) is 27.5 Å². The fourth-order valence-corrected chi connectivity index (χ4v) is 3.60. The number of nitrogens with zero attached hydrogens (tertiary/aromatic N) is 2. The Morgan fingerprint density at radius 3 is 2.62 bits per heavy atom. The van der Waals surface area contributed by atoms with E-state index in [0.29, 0.717) is 18.7 Å². The van der Waals surface area contributed by atoms with Gasteiger partial charge >= 0.3 is 0 Å². The lowest BCUT2D eigenvalue weighted by Crippen LogP contribution is -2.55. The van der Waals surface area contributed by atoms with Crippen LogP contribution in [0.15, 0.2) is 48.5 Å². The van der Waals surface area contributed by atoms with Gasteiger partial charge in [-0.3, -0.25) is 9.59 Å². The molecule has 0 radical (unpaired) electrons. The molecule has 0 N–H and O–H groups in total. The van der Waals surface area contributed by atoms with Gasteiger partial charge in [0.2, 0.25) is 5.91 Å². The van der Waals surface area contributed by atoms with Gasteiger partial charge in [-0.2, -0.15) is 0 Å². The van der Waals surface area contributed by atoms with Crippen molar-refractivity contribution in [1.29, 1.82) is 0 Å². The van der Waals surface area contributed by atoms with Gasteiger partial charge in [-0.15, -0.1) is 0 Å². The summed E-state index contributed by atoms with van der Waals surface area (Å²) in [6, 6.07) is 13.4. The zero-order chi connectivity index (χ0) is 16.7. The number of carbonyl (C=O) groups excluding carboxylic acids is 2. The summed E-state index contributed by atoms with van der Waals surface area (Å²) in [5.74, 6) is -0.643. The van der Waals surface area contributed by atoms with Crippen molar-refractivity contribution in [2.45, 2.75) is 12.5 Å². The first-order valence-corrected chi connectivity index (χ1v) is 8.05. The molecule has 122 valence electrons. The summed E-state index contributed by atoms with van der Waals surface area (Å²) in [7, 11) is 0. The van der Waals surface area contributed by atoms with Gasteiger partial charge in [-0.25, -0.2) is 4.39 Å². The minimum Gasteiger partial charge on any atom is -0.332 e. The van der Waals surface area contributed by atoms with Crippen molar-refractivity contribution >= 4 is 11.8 Å². The first kappa shape index (κ1) is 14.9. The Morgan fingerprint density at radius 2 is 1.83 bits per heavy atom. The van der Waals surface area contributed by atoms with Crippen LogP contribution in [0.2, 0.25) is 0 Å². The van der Waals surface area contributed by atoms with E-state index in [-0.39, 0.29) is 30.2 Å². The van der Waals surface area contributed by atoms with Crippen LogP contribution in [-0.4, -0.2) is 41.2 Å². The van der Waals surface area contributed by atoms with Crippen molar-refractivity contribution in [1.82, 2.24) is 9.80 Å². The first-order chi connectivity index (χ1) is 11.6. The van der Waals surface area contributed by atoms with E-state index in [0.717, 1.165) is 12.0 Å². The van der Waals surface area contributed by atoms with E-state index < -0.39 is 0 Å². The standard InChI is InChI=1S/C19H17FN2O2/c20-15-7-5-14(6-8-15)19(24)21-11-17-16-4-2-1-3-13(16)9-10-22(17)18(23)12-21/h1-8,17H,9-12H2/t17-/m1/s1. The molecule has 5 heteroatoms. The number of halogens is 1. The normalized spacial score (nSPS) is 19.7. The number of hydrogen-bond acceptors (Lipinski definition) is 2. The Kier molecular flexibility index (Phi) is 3.56. The summed E-state index contributed by atoms with van der Waals surface area (Å²) in [5.41, 5.74) is 2.76. The Morgan fingerprint density at radius 1 is 1.08 bits per heavy atom. The molecule has 0 aromatic heterocycles. The minimum absolute atomic E-state index is 0.0313. The zero-order valence-electron chi connectivity index (χ0n) is 13.1. The number of benzene rings is 2. The molecule has 0 aliphatic carbocycles. The second-order valence-electron chi connectivity index (χ2n) is 6.24. The molecule has 0 spiro atoms. The summed E-state index contributed by atoms with van der Waals surface area (Å²) in [4.78, 5) is 28.6. The largest absolute Gasteiger partial charge is 0.332 e. The van der Waals surface area contributed by atoms with Crippen LogP contribution < -0.4 is 0 Å². The van der Waals surface area contributed by atoms with Crippen LogP contribution in [0, 0.1) is 5.82 Å². The van der Waals surface area contributed by atoms with E-state index in [1.54, 1.807) is 4.90 Å². The summed E-state index contributed by atoms with van der Waals surface area (Å²) >= 11 is 0. The summed E-state index contributed by atoms with van der Waals surface area (Å²) < 4.78 is 13.1. The van der Waals surface area contributed by atoms with Crippen molar-refractivity contribution in [3.63, 3.8) is 0 Å². The lowest BCUT2D eigenvalue weighted by molar-refractivity contribution is -0.139. The van der Waals surface area contributed by atoms with Gasteiger partial charge in [0.25, 0.3) is 5.91 Å². The maximum Gasteiger partial charge on any atom is 0.254 e. The minimum atomic E-state index is -0.381.